The molecule has 1 aliphatic heterocycles. The van der Waals surface area contributed by atoms with Crippen molar-refractivity contribution >= 4 is 13.9 Å². The quantitative estimate of drug-likeness (QED) is 0.589. The van der Waals surface area contributed by atoms with Crippen molar-refractivity contribution in [3.63, 3.8) is 0 Å². The first-order valence-electron chi connectivity index (χ1n) is 10.6. The average Bonchev–Trinajstić information content (AvgIpc) is 2.71. The Kier molecular flexibility index (Phi) is 7.12. The maximum atomic E-state index is 14.1. The van der Waals surface area contributed by atoms with Crippen molar-refractivity contribution in [1.29, 1.82) is 0 Å². The summed E-state index contributed by atoms with van der Waals surface area (Å²) >= 11 is 0. The number of benzene rings is 2. The van der Waals surface area contributed by atoms with Crippen molar-refractivity contribution in [2.75, 3.05) is 13.1 Å². The van der Waals surface area contributed by atoms with Gasteiger partial charge in [0, 0.05) is 17.3 Å². The molecule has 0 radical (unpaired) electrons. The fourth-order valence-electron chi connectivity index (χ4n) is 4.35. The standard InChI is InChI=1S/C24H33FNOP/c1-4-24(5-2,21-11-9-10-18(3)23(21)27)28-22-13-12-20(25)16-19(22)17-26-14-7-6-8-15-26/h9-13,16,27-28H,4-8,14-15,17H2,1-3H3. The number of hydrogen-bond donors (Lipinski definition) is 1. The van der Waals surface area contributed by atoms with Gasteiger partial charge in [-0.15, -0.1) is 0 Å². The molecule has 1 fully saturated rings. The highest BCUT2D eigenvalue weighted by atomic mass is 31.1. The Balaban J connectivity index is 1.96. The average molecular weight is 402 g/mol. The first kappa shape index (κ1) is 21.3. The van der Waals surface area contributed by atoms with Gasteiger partial charge in [-0.05, 0) is 74.3 Å². The number of phenols is 1. The predicted octanol–water partition coefficient (Wildman–Crippen LogP) is 5.84. The highest BCUT2D eigenvalue weighted by Gasteiger charge is 2.32. The van der Waals surface area contributed by atoms with Crippen LogP contribution in [0.5, 0.6) is 5.75 Å². The van der Waals surface area contributed by atoms with Crippen LogP contribution >= 0.6 is 8.58 Å². The predicted molar refractivity (Wildman–Crippen MR) is 119 cm³/mol. The lowest BCUT2D eigenvalue weighted by Gasteiger charge is -2.35. The molecule has 0 saturated carbocycles. The lowest BCUT2D eigenvalue weighted by atomic mass is 9.90. The fourth-order valence-corrected chi connectivity index (χ4v) is 6.04. The Morgan fingerprint density at radius 2 is 1.79 bits per heavy atom. The lowest BCUT2D eigenvalue weighted by Crippen LogP contribution is -2.31. The second-order valence-corrected chi connectivity index (χ2v) is 9.77. The van der Waals surface area contributed by atoms with E-state index in [1.165, 1.54) is 24.6 Å². The van der Waals surface area contributed by atoms with E-state index in [0.717, 1.165) is 49.2 Å². The van der Waals surface area contributed by atoms with Crippen molar-refractivity contribution in [3.05, 3.63) is 58.9 Å². The van der Waals surface area contributed by atoms with E-state index in [9.17, 15) is 9.50 Å². The van der Waals surface area contributed by atoms with Gasteiger partial charge in [0.15, 0.2) is 0 Å². The van der Waals surface area contributed by atoms with Crippen molar-refractivity contribution in [1.82, 2.24) is 4.90 Å². The van der Waals surface area contributed by atoms with Crippen LogP contribution in [-0.2, 0) is 11.7 Å². The van der Waals surface area contributed by atoms with Crippen LogP contribution in [0.4, 0.5) is 4.39 Å². The van der Waals surface area contributed by atoms with Gasteiger partial charge in [-0.1, -0.05) is 53.1 Å². The summed E-state index contributed by atoms with van der Waals surface area (Å²) in [4.78, 5) is 2.45. The van der Waals surface area contributed by atoms with E-state index >= 15 is 0 Å². The second-order valence-electron chi connectivity index (χ2n) is 8.02. The second kappa shape index (κ2) is 9.37. The zero-order valence-electron chi connectivity index (χ0n) is 17.4. The minimum absolute atomic E-state index is 0.120. The maximum absolute atomic E-state index is 14.1. The molecule has 0 aliphatic carbocycles. The number of para-hydroxylation sites is 1. The van der Waals surface area contributed by atoms with Gasteiger partial charge in [0.2, 0.25) is 0 Å². The molecular weight excluding hydrogens is 368 g/mol. The molecule has 2 aromatic carbocycles. The molecule has 3 rings (SSSR count). The maximum Gasteiger partial charge on any atom is 0.123 e. The summed E-state index contributed by atoms with van der Waals surface area (Å²) in [7, 11) is 0.499. The molecule has 2 nitrogen and oxygen atoms in total. The molecule has 1 saturated heterocycles. The van der Waals surface area contributed by atoms with Crippen molar-refractivity contribution < 1.29 is 9.50 Å². The summed E-state index contributed by atoms with van der Waals surface area (Å²) in [6.45, 7) is 9.38. The number of likely N-dealkylation sites (tertiary alicyclic amines) is 1. The highest BCUT2D eigenvalue weighted by molar-refractivity contribution is 7.48. The van der Waals surface area contributed by atoms with E-state index in [0.29, 0.717) is 14.3 Å². The van der Waals surface area contributed by atoms with E-state index in [4.69, 9.17) is 0 Å². The molecule has 1 atom stereocenters. The van der Waals surface area contributed by atoms with Crippen LogP contribution in [-0.4, -0.2) is 23.1 Å². The molecule has 1 heterocycles. The molecule has 1 unspecified atom stereocenters. The van der Waals surface area contributed by atoms with Crippen molar-refractivity contribution in [3.8, 4) is 5.75 Å². The topological polar surface area (TPSA) is 23.5 Å². The van der Waals surface area contributed by atoms with Crippen LogP contribution in [0, 0.1) is 12.7 Å². The van der Waals surface area contributed by atoms with E-state index in [1.807, 2.05) is 25.1 Å². The summed E-state index contributed by atoms with van der Waals surface area (Å²) in [5, 5.41) is 11.9. The molecule has 28 heavy (non-hydrogen) atoms. The van der Waals surface area contributed by atoms with E-state index in [-0.39, 0.29) is 11.0 Å². The smallest absolute Gasteiger partial charge is 0.123 e. The van der Waals surface area contributed by atoms with Crippen molar-refractivity contribution in [2.24, 2.45) is 0 Å². The number of hydrogen-bond acceptors (Lipinski definition) is 2. The van der Waals surface area contributed by atoms with Gasteiger partial charge in [0.05, 0.1) is 0 Å². The van der Waals surface area contributed by atoms with Crippen molar-refractivity contribution in [2.45, 2.75) is 64.6 Å². The SMILES string of the molecule is CCC(CC)(Pc1ccc(F)cc1CN1CCCCC1)c1cccc(C)c1O. The van der Waals surface area contributed by atoms with Gasteiger partial charge in [0.1, 0.15) is 11.6 Å². The Morgan fingerprint density at radius 1 is 1.07 bits per heavy atom. The summed E-state index contributed by atoms with van der Waals surface area (Å²) < 4.78 is 14.1. The fraction of sp³-hybridized carbons (Fsp3) is 0.500. The summed E-state index contributed by atoms with van der Waals surface area (Å²) in [6, 6.07) is 11.3. The van der Waals surface area contributed by atoms with E-state index < -0.39 is 0 Å². The monoisotopic (exact) mass is 401 g/mol. The van der Waals surface area contributed by atoms with Gasteiger partial charge in [-0.25, -0.2) is 4.39 Å². The first-order chi connectivity index (χ1) is 13.5. The van der Waals surface area contributed by atoms with Crippen LogP contribution < -0.4 is 5.30 Å². The molecule has 0 amide bonds. The molecule has 4 heteroatoms. The summed E-state index contributed by atoms with van der Waals surface area (Å²) in [6.07, 6.45) is 5.66. The van der Waals surface area contributed by atoms with Crippen LogP contribution in [0.25, 0.3) is 0 Å². The van der Waals surface area contributed by atoms with Crippen LogP contribution in [0.15, 0.2) is 36.4 Å². The molecule has 2 aromatic rings. The van der Waals surface area contributed by atoms with Crippen LogP contribution in [0.1, 0.15) is 62.6 Å². The number of rotatable bonds is 7. The Labute approximate surface area is 170 Å². The zero-order valence-corrected chi connectivity index (χ0v) is 18.4. The minimum Gasteiger partial charge on any atom is -0.507 e. The number of halogens is 1. The molecule has 152 valence electrons. The van der Waals surface area contributed by atoms with Gasteiger partial charge >= 0.3 is 0 Å². The van der Waals surface area contributed by atoms with Gasteiger partial charge < -0.3 is 5.11 Å². The third kappa shape index (κ3) is 4.58. The lowest BCUT2D eigenvalue weighted by molar-refractivity contribution is 0.221. The molecule has 1 aliphatic rings. The van der Waals surface area contributed by atoms with E-state index in [1.54, 1.807) is 12.1 Å². The van der Waals surface area contributed by atoms with Gasteiger partial charge in [-0.3, -0.25) is 4.90 Å². The number of phenolic OH excluding ortho intramolecular Hbond substituents is 1. The summed E-state index contributed by atoms with van der Waals surface area (Å²) in [5.41, 5.74) is 3.06. The number of aromatic hydroxyl groups is 1. The molecule has 1 N–H and O–H groups in total. The molecule has 0 spiro atoms. The third-order valence-corrected chi connectivity index (χ3v) is 8.46. The Bertz CT molecular complexity index is 797. The normalized spacial score (nSPS) is 16.1. The van der Waals surface area contributed by atoms with Gasteiger partial charge in [0.25, 0.3) is 0 Å². The van der Waals surface area contributed by atoms with Crippen LogP contribution in [0.3, 0.4) is 0 Å². The third-order valence-electron chi connectivity index (χ3n) is 6.24. The highest BCUT2D eigenvalue weighted by Crippen LogP contribution is 2.50. The minimum atomic E-state index is -0.155. The van der Waals surface area contributed by atoms with Crippen LogP contribution in [0.2, 0.25) is 0 Å². The summed E-state index contributed by atoms with van der Waals surface area (Å²) in [5.74, 6) is 0.260. The number of aryl methyl sites for hydroxylation is 1. The Morgan fingerprint density at radius 3 is 2.46 bits per heavy atom. The zero-order chi connectivity index (χ0) is 20.1. The molecular formula is C24H33FNOP. The number of piperidine rings is 1. The molecule has 0 bridgehead atoms. The van der Waals surface area contributed by atoms with Gasteiger partial charge in [-0.2, -0.15) is 0 Å². The Hall–Kier alpha value is -1.44. The molecule has 0 aromatic heterocycles. The van der Waals surface area contributed by atoms with E-state index in [2.05, 4.69) is 24.8 Å². The first-order valence-corrected chi connectivity index (χ1v) is 11.6. The largest absolute Gasteiger partial charge is 0.507 e. The number of nitrogens with zero attached hydrogens (tertiary/aromatic N) is 1.